The number of anilines is 1. The van der Waals surface area contributed by atoms with Crippen molar-refractivity contribution in [1.82, 2.24) is 0 Å². The van der Waals surface area contributed by atoms with Crippen molar-refractivity contribution in [3.8, 4) is 0 Å². The van der Waals surface area contributed by atoms with E-state index in [9.17, 15) is 0 Å². The molecular weight excluding hydrogens is 302 g/mol. The normalized spacial score (nSPS) is 13.7. The fourth-order valence-corrected chi connectivity index (χ4v) is 3.53. The average Bonchev–Trinajstić information content (AvgIpc) is 2.63. The number of hydrogen-bond donors (Lipinski definition) is 0. The number of aryl methyl sites for hydroxylation is 3. The van der Waals surface area contributed by atoms with Gasteiger partial charge in [0, 0.05) is 23.1 Å². The molecule has 25 heavy (non-hydrogen) atoms. The quantitative estimate of drug-likeness (QED) is 0.585. The lowest BCUT2D eigenvalue weighted by Gasteiger charge is -2.32. The second-order valence-electron chi connectivity index (χ2n) is 7.09. The van der Waals surface area contributed by atoms with Gasteiger partial charge < -0.3 is 4.90 Å². The van der Waals surface area contributed by atoms with Gasteiger partial charge in [-0.1, -0.05) is 51.1 Å². The zero-order valence-electron chi connectivity index (χ0n) is 16.0. The topological polar surface area (TPSA) is 3.24 Å². The van der Waals surface area contributed by atoms with Crippen LogP contribution < -0.4 is 4.90 Å². The minimum Gasteiger partial charge on any atom is -0.317 e. The van der Waals surface area contributed by atoms with Gasteiger partial charge in [-0.25, -0.2) is 0 Å². The van der Waals surface area contributed by atoms with Gasteiger partial charge in [-0.05, 0) is 73.1 Å². The number of allylic oxidation sites excluding steroid dienone is 1. The molecule has 0 spiro atoms. The maximum Gasteiger partial charge on any atom is 0.0487 e. The van der Waals surface area contributed by atoms with E-state index in [0.29, 0.717) is 0 Å². The van der Waals surface area contributed by atoms with E-state index < -0.39 is 0 Å². The minimum atomic E-state index is 1.05. The molecule has 0 atom stereocenters. The third kappa shape index (κ3) is 3.42. The van der Waals surface area contributed by atoms with E-state index in [1.54, 1.807) is 0 Å². The van der Waals surface area contributed by atoms with Gasteiger partial charge in [0.1, 0.15) is 0 Å². The third-order valence-corrected chi connectivity index (χ3v) is 5.19. The van der Waals surface area contributed by atoms with Gasteiger partial charge in [0.25, 0.3) is 0 Å². The zero-order valence-corrected chi connectivity index (χ0v) is 16.0. The zero-order chi connectivity index (χ0) is 18.0. The van der Waals surface area contributed by atoms with Gasteiger partial charge in [0.15, 0.2) is 0 Å². The number of nitrogens with zero attached hydrogens (tertiary/aromatic N) is 1. The molecule has 0 saturated carbocycles. The number of unbranched alkanes of at least 4 members (excludes halogenated alkanes) is 1. The SMILES string of the molecule is C=C1c2cc(CCCC)ccc2C(C)=CN1c1cc(CC)ccc1C. The lowest BCUT2D eigenvalue weighted by atomic mass is 9.91. The van der Waals surface area contributed by atoms with Gasteiger partial charge in [-0.3, -0.25) is 0 Å². The molecule has 2 aromatic rings. The highest BCUT2D eigenvalue weighted by atomic mass is 15.1. The molecule has 1 aliphatic heterocycles. The second kappa shape index (κ2) is 7.31. The van der Waals surface area contributed by atoms with Crippen LogP contribution in [0.25, 0.3) is 11.3 Å². The van der Waals surface area contributed by atoms with Crippen LogP contribution in [0, 0.1) is 6.92 Å². The summed E-state index contributed by atoms with van der Waals surface area (Å²) in [4.78, 5) is 2.27. The number of fused-ring (bicyclic) bond motifs is 1. The molecule has 0 bridgehead atoms. The molecule has 0 radical (unpaired) electrons. The molecule has 130 valence electrons. The van der Waals surface area contributed by atoms with E-state index in [4.69, 9.17) is 0 Å². The Kier molecular flexibility index (Phi) is 5.13. The molecule has 0 aliphatic carbocycles. The van der Waals surface area contributed by atoms with E-state index in [1.165, 1.54) is 51.9 Å². The smallest absolute Gasteiger partial charge is 0.0487 e. The molecule has 1 aliphatic rings. The average molecular weight is 332 g/mol. The summed E-state index contributed by atoms with van der Waals surface area (Å²) in [6.45, 7) is 13.3. The Bertz CT molecular complexity index is 826. The highest BCUT2D eigenvalue weighted by molar-refractivity contribution is 5.93. The molecular formula is C24H29N. The van der Waals surface area contributed by atoms with Gasteiger partial charge in [-0.2, -0.15) is 0 Å². The Balaban J connectivity index is 2.04. The van der Waals surface area contributed by atoms with Crippen molar-refractivity contribution in [3.63, 3.8) is 0 Å². The van der Waals surface area contributed by atoms with Crippen molar-refractivity contribution in [3.05, 3.63) is 77.0 Å². The van der Waals surface area contributed by atoms with E-state index in [2.05, 4.69) is 81.8 Å². The Hall–Kier alpha value is -2.28. The maximum absolute atomic E-state index is 4.45. The molecule has 1 heterocycles. The van der Waals surface area contributed by atoms with Gasteiger partial charge >= 0.3 is 0 Å². The van der Waals surface area contributed by atoms with Crippen LogP contribution in [0.15, 0.2) is 49.2 Å². The van der Waals surface area contributed by atoms with E-state index >= 15 is 0 Å². The monoisotopic (exact) mass is 331 g/mol. The van der Waals surface area contributed by atoms with Crippen LogP contribution in [-0.4, -0.2) is 0 Å². The first-order valence-corrected chi connectivity index (χ1v) is 9.45. The number of rotatable bonds is 5. The molecule has 0 N–H and O–H groups in total. The highest BCUT2D eigenvalue weighted by Gasteiger charge is 2.21. The Labute approximate surface area is 152 Å². The molecule has 0 amide bonds. The first kappa shape index (κ1) is 17.5. The van der Waals surface area contributed by atoms with Crippen LogP contribution in [0.2, 0.25) is 0 Å². The van der Waals surface area contributed by atoms with Crippen LogP contribution in [0.4, 0.5) is 5.69 Å². The summed E-state index contributed by atoms with van der Waals surface area (Å²) in [5, 5.41) is 0. The van der Waals surface area contributed by atoms with Crippen molar-refractivity contribution >= 4 is 17.0 Å². The summed E-state index contributed by atoms with van der Waals surface area (Å²) in [5.74, 6) is 0. The lowest BCUT2D eigenvalue weighted by molar-refractivity contribution is 0.795. The predicted octanol–water partition coefficient (Wildman–Crippen LogP) is 6.75. The molecule has 3 rings (SSSR count). The van der Waals surface area contributed by atoms with E-state index in [-0.39, 0.29) is 0 Å². The van der Waals surface area contributed by atoms with Crippen molar-refractivity contribution in [1.29, 1.82) is 0 Å². The number of benzene rings is 2. The van der Waals surface area contributed by atoms with Crippen LogP contribution in [0.3, 0.4) is 0 Å². The van der Waals surface area contributed by atoms with Gasteiger partial charge in [0.2, 0.25) is 0 Å². The molecule has 0 saturated heterocycles. The van der Waals surface area contributed by atoms with Crippen LogP contribution >= 0.6 is 0 Å². The molecule has 1 heteroatoms. The molecule has 2 aromatic carbocycles. The van der Waals surface area contributed by atoms with Crippen molar-refractivity contribution < 1.29 is 0 Å². The summed E-state index contributed by atoms with van der Waals surface area (Å²) in [7, 11) is 0. The van der Waals surface area contributed by atoms with Crippen LogP contribution in [-0.2, 0) is 12.8 Å². The van der Waals surface area contributed by atoms with Gasteiger partial charge in [0.05, 0.1) is 0 Å². The highest BCUT2D eigenvalue weighted by Crippen LogP contribution is 2.38. The van der Waals surface area contributed by atoms with Crippen molar-refractivity contribution in [2.75, 3.05) is 4.90 Å². The summed E-state index contributed by atoms with van der Waals surface area (Å²) in [6.07, 6.45) is 6.89. The first-order valence-electron chi connectivity index (χ1n) is 9.45. The van der Waals surface area contributed by atoms with E-state index in [1.807, 2.05) is 0 Å². The molecule has 0 fully saturated rings. The molecule has 0 aromatic heterocycles. The Morgan fingerprint density at radius 2 is 1.68 bits per heavy atom. The molecule has 1 nitrogen and oxygen atoms in total. The Morgan fingerprint density at radius 3 is 2.40 bits per heavy atom. The number of hydrogen-bond acceptors (Lipinski definition) is 1. The lowest BCUT2D eigenvalue weighted by Crippen LogP contribution is -2.20. The fraction of sp³-hybridized carbons (Fsp3) is 0.333. The Morgan fingerprint density at radius 1 is 0.920 bits per heavy atom. The van der Waals surface area contributed by atoms with Crippen molar-refractivity contribution in [2.24, 2.45) is 0 Å². The largest absolute Gasteiger partial charge is 0.317 e. The third-order valence-electron chi connectivity index (χ3n) is 5.19. The summed E-state index contributed by atoms with van der Waals surface area (Å²) < 4.78 is 0. The summed E-state index contributed by atoms with van der Waals surface area (Å²) in [5.41, 5.74) is 10.3. The first-order chi connectivity index (χ1) is 12.0. The van der Waals surface area contributed by atoms with Gasteiger partial charge in [-0.15, -0.1) is 0 Å². The fourth-order valence-electron chi connectivity index (χ4n) is 3.53. The summed E-state index contributed by atoms with van der Waals surface area (Å²) >= 11 is 0. The van der Waals surface area contributed by atoms with Crippen LogP contribution in [0.1, 0.15) is 61.4 Å². The summed E-state index contributed by atoms with van der Waals surface area (Å²) in [6, 6.07) is 13.6. The second-order valence-corrected chi connectivity index (χ2v) is 7.09. The standard InChI is InChI=1S/C24H29N/c1-6-8-9-21-12-13-22-18(4)16-25(19(5)23(22)14-21)24-15-20(7-2)11-10-17(24)3/h10-16H,5-9H2,1-4H3. The van der Waals surface area contributed by atoms with E-state index in [0.717, 1.165) is 18.5 Å². The van der Waals surface area contributed by atoms with Crippen molar-refractivity contribution in [2.45, 2.75) is 53.4 Å². The maximum atomic E-state index is 4.45. The molecule has 0 unspecified atom stereocenters. The predicted molar refractivity (Wildman–Crippen MR) is 111 cm³/mol. The minimum absolute atomic E-state index is 1.05. The van der Waals surface area contributed by atoms with Crippen LogP contribution in [0.5, 0.6) is 0 Å².